The summed E-state index contributed by atoms with van der Waals surface area (Å²) >= 11 is 0. The van der Waals surface area contributed by atoms with Crippen LogP contribution >= 0.6 is 0 Å². The standard InChI is InChI=1S/C7H12N2O2/c8-3-1-4-9-7(10)6-2-5-11-6/h1,3,6H,2,4-5,8H2,(H,9,10)/b3-1+. The summed E-state index contributed by atoms with van der Waals surface area (Å²) in [5, 5.41) is 2.65. The molecule has 1 aliphatic heterocycles. The van der Waals surface area contributed by atoms with E-state index in [-0.39, 0.29) is 12.0 Å². The van der Waals surface area contributed by atoms with E-state index >= 15 is 0 Å². The Morgan fingerprint density at radius 1 is 1.82 bits per heavy atom. The van der Waals surface area contributed by atoms with Crippen LogP contribution in [0.5, 0.6) is 0 Å². The highest BCUT2D eigenvalue weighted by atomic mass is 16.5. The molecule has 4 nitrogen and oxygen atoms in total. The maximum Gasteiger partial charge on any atom is 0.249 e. The molecule has 4 heteroatoms. The highest BCUT2D eigenvalue weighted by molar-refractivity contribution is 5.81. The Morgan fingerprint density at radius 2 is 2.55 bits per heavy atom. The number of nitrogens with one attached hydrogen (secondary N) is 1. The molecule has 0 spiro atoms. The van der Waals surface area contributed by atoms with Crippen LogP contribution in [-0.4, -0.2) is 25.2 Å². The number of hydrogen-bond acceptors (Lipinski definition) is 3. The molecule has 0 radical (unpaired) electrons. The summed E-state index contributed by atoms with van der Waals surface area (Å²) < 4.78 is 4.96. The topological polar surface area (TPSA) is 64.3 Å². The van der Waals surface area contributed by atoms with Crippen molar-refractivity contribution >= 4 is 5.91 Å². The SMILES string of the molecule is N/C=C/CNC(=O)C1CCO1. The fourth-order valence-electron chi connectivity index (χ4n) is 0.784. The van der Waals surface area contributed by atoms with Crippen LogP contribution in [0.1, 0.15) is 6.42 Å². The minimum absolute atomic E-state index is 0.0469. The predicted molar refractivity (Wildman–Crippen MR) is 40.7 cm³/mol. The van der Waals surface area contributed by atoms with Crippen molar-refractivity contribution in [1.82, 2.24) is 5.32 Å². The molecule has 1 amide bonds. The normalized spacial score (nSPS) is 23.1. The highest BCUT2D eigenvalue weighted by Gasteiger charge is 2.25. The Labute approximate surface area is 65.4 Å². The Bertz CT molecular complexity index is 164. The van der Waals surface area contributed by atoms with Gasteiger partial charge in [0.15, 0.2) is 0 Å². The van der Waals surface area contributed by atoms with Gasteiger partial charge >= 0.3 is 0 Å². The molecule has 0 aromatic rings. The first-order valence-corrected chi connectivity index (χ1v) is 3.60. The predicted octanol–water partition coefficient (Wildman–Crippen LogP) is -0.636. The molecule has 1 rings (SSSR count). The lowest BCUT2D eigenvalue weighted by Crippen LogP contribution is -2.43. The maximum absolute atomic E-state index is 11.0. The molecule has 11 heavy (non-hydrogen) atoms. The van der Waals surface area contributed by atoms with Crippen LogP contribution in [0.15, 0.2) is 12.3 Å². The smallest absolute Gasteiger partial charge is 0.249 e. The minimum Gasteiger partial charge on any atom is -0.405 e. The van der Waals surface area contributed by atoms with Crippen LogP contribution in [0.25, 0.3) is 0 Å². The molecule has 0 bridgehead atoms. The third-order valence-electron chi connectivity index (χ3n) is 1.52. The molecule has 3 N–H and O–H groups in total. The molecule has 0 saturated carbocycles. The molecule has 1 fully saturated rings. The lowest BCUT2D eigenvalue weighted by molar-refractivity contribution is -0.144. The van der Waals surface area contributed by atoms with Gasteiger partial charge in [-0.25, -0.2) is 0 Å². The van der Waals surface area contributed by atoms with E-state index in [9.17, 15) is 4.79 Å². The van der Waals surface area contributed by atoms with Crippen molar-refractivity contribution in [3.8, 4) is 0 Å². The number of amides is 1. The summed E-state index contributed by atoms with van der Waals surface area (Å²) in [6, 6.07) is 0. The molecule has 1 aliphatic rings. The van der Waals surface area contributed by atoms with E-state index in [0.29, 0.717) is 13.2 Å². The average Bonchev–Trinajstić information content (AvgIpc) is 1.84. The molecule has 1 unspecified atom stereocenters. The number of rotatable bonds is 3. The summed E-state index contributed by atoms with van der Waals surface area (Å²) in [4.78, 5) is 11.0. The van der Waals surface area contributed by atoms with Crippen molar-refractivity contribution in [2.75, 3.05) is 13.2 Å². The van der Waals surface area contributed by atoms with Crippen molar-refractivity contribution in [2.24, 2.45) is 5.73 Å². The van der Waals surface area contributed by atoms with E-state index in [0.717, 1.165) is 6.42 Å². The molecule has 1 heterocycles. The lowest BCUT2D eigenvalue weighted by Gasteiger charge is -2.24. The third-order valence-corrected chi connectivity index (χ3v) is 1.52. The summed E-state index contributed by atoms with van der Waals surface area (Å²) in [5.74, 6) is -0.0469. The Balaban J connectivity index is 2.10. The van der Waals surface area contributed by atoms with Gasteiger partial charge in [-0.15, -0.1) is 0 Å². The highest BCUT2D eigenvalue weighted by Crippen LogP contribution is 2.09. The molecular weight excluding hydrogens is 144 g/mol. The van der Waals surface area contributed by atoms with Gasteiger partial charge in [-0.1, -0.05) is 0 Å². The van der Waals surface area contributed by atoms with Gasteiger partial charge in [0.25, 0.3) is 0 Å². The van der Waals surface area contributed by atoms with Crippen LogP contribution in [-0.2, 0) is 9.53 Å². The Hall–Kier alpha value is -1.03. The molecule has 0 aliphatic carbocycles. The van der Waals surface area contributed by atoms with E-state index < -0.39 is 0 Å². The van der Waals surface area contributed by atoms with Gasteiger partial charge in [0.05, 0.1) is 6.61 Å². The first kappa shape index (κ1) is 8.07. The second-order valence-corrected chi connectivity index (χ2v) is 2.32. The number of carbonyl (C=O) groups excluding carboxylic acids is 1. The van der Waals surface area contributed by atoms with Gasteiger partial charge in [0, 0.05) is 13.0 Å². The first-order valence-electron chi connectivity index (χ1n) is 3.60. The zero-order chi connectivity index (χ0) is 8.10. The van der Waals surface area contributed by atoms with Gasteiger partial charge in [-0.2, -0.15) is 0 Å². The van der Waals surface area contributed by atoms with Crippen LogP contribution in [0.3, 0.4) is 0 Å². The fraction of sp³-hybridized carbons (Fsp3) is 0.571. The summed E-state index contributed by atoms with van der Waals surface area (Å²) in [6.45, 7) is 1.18. The first-order chi connectivity index (χ1) is 5.34. The summed E-state index contributed by atoms with van der Waals surface area (Å²) in [7, 11) is 0. The molecule has 0 aromatic carbocycles. The summed E-state index contributed by atoms with van der Waals surface area (Å²) in [5.41, 5.74) is 5.07. The van der Waals surface area contributed by atoms with Crippen molar-refractivity contribution in [3.05, 3.63) is 12.3 Å². The maximum atomic E-state index is 11.0. The lowest BCUT2D eigenvalue weighted by atomic mass is 10.2. The molecule has 0 aromatic heterocycles. The Kier molecular flexibility index (Phi) is 2.92. The number of nitrogens with two attached hydrogens (primary N) is 1. The molecule has 62 valence electrons. The quantitative estimate of drug-likeness (QED) is 0.571. The van der Waals surface area contributed by atoms with Gasteiger partial charge in [0.1, 0.15) is 6.10 Å². The monoisotopic (exact) mass is 156 g/mol. The van der Waals surface area contributed by atoms with Crippen molar-refractivity contribution < 1.29 is 9.53 Å². The van der Waals surface area contributed by atoms with Gasteiger partial charge in [0.2, 0.25) is 5.91 Å². The number of ether oxygens (including phenoxy) is 1. The van der Waals surface area contributed by atoms with E-state index in [1.807, 2.05) is 0 Å². The van der Waals surface area contributed by atoms with E-state index in [2.05, 4.69) is 5.32 Å². The van der Waals surface area contributed by atoms with Crippen molar-refractivity contribution in [3.63, 3.8) is 0 Å². The van der Waals surface area contributed by atoms with Crippen LogP contribution in [0.2, 0.25) is 0 Å². The molecular formula is C7H12N2O2. The fourth-order valence-corrected chi connectivity index (χ4v) is 0.784. The minimum atomic E-state index is -0.221. The zero-order valence-corrected chi connectivity index (χ0v) is 6.25. The van der Waals surface area contributed by atoms with Crippen molar-refractivity contribution in [1.29, 1.82) is 0 Å². The molecule has 1 atom stereocenters. The van der Waals surface area contributed by atoms with Gasteiger partial charge in [-0.05, 0) is 12.3 Å². The van der Waals surface area contributed by atoms with Crippen LogP contribution in [0, 0.1) is 0 Å². The molecule has 1 saturated heterocycles. The van der Waals surface area contributed by atoms with E-state index in [1.165, 1.54) is 6.20 Å². The summed E-state index contributed by atoms with van der Waals surface area (Å²) in [6.07, 6.45) is 3.69. The second-order valence-electron chi connectivity index (χ2n) is 2.32. The Morgan fingerprint density at radius 3 is 3.00 bits per heavy atom. The second kappa shape index (κ2) is 3.98. The number of carbonyl (C=O) groups is 1. The van der Waals surface area contributed by atoms with Gasteiger partial charge in [-0.3, -0.25) is 4.79 Å². The van der Waals surface area contributed by atoms with E-state index in [4.69, 9.17) is 10.5 Å². The van der Waals surface area contributed by atoms with Crippen molar-refractivity contribution in [2.45, 2.75) is 12.5 Å². The van der Waals surface area contributed by atoms with E-state index in [1.54, 1.807) is 6.08 Å². The zero-order valence-electron chi connectivity index (χ0n) is 6.25. The number of hydrogen-bond donors (Lipinski definition) is 2. The van der Waals surface area contributed by atoms with Crippen LogP contribution < -0.4 is 11.1 Å². The van der Waals surface area contributed by atoms with Gasteiger partial charge < -0.3 is 15.8 Å². The van der Waals surface area contributed by atoms with Crippen LogP contribution in [0.4, 0.5) is 0 Å². The largest absolute Gasteiger partial charge is 0.405 e. The third kappa shape index (κ3) is 2.23. The average molecular weight is 156 g/mol.